The molecule has 3 nitrogen and oxygen atoms in total. The largest absolute Gasteiger partial charge is 0.339 e. The van der Waals surface area contributed by atoms with E-state index in [9.17, 15) is 0 Å². The second-order valence-electron chi connectivity index (χ2n) is 4.32. The Morgan fingerprint density at radius 1 is 1.28 bits per heavy atom. The number of benzene rings is 1. The summed E-state index contributed by atoms with van der Waals surface area (Å²) < 4.78 is 0. The first-order valence-electron chi connectivity index (χ1n) is 5.79. The van der Waals surface area contributed by atoms with Crippen LogP contribution in [0.5, 0.6) is 0 Å². The average molecular weight is 262 g/mol. The summed E-state index contributed by atoms with van der Waals surface area (Å²) in [4.78, 5) is 4.30. The minimum Gasteiger partial charge on any atom is -0.339 e. The van der Waals surface area contributed by atoms with Crippen LogP contribution < -0.4 is 11.1 Å². The van der Waals surface area contributed by atoms with E-state index in [2.05, 4.69) is 16.4 Å². The molecule has 0 unspecified atom stereocenters. The fourth-order valence-corrected chi connectivity index (χ4v) is 2.19. The second kappa shape index (κ2) is 5.38. The molecular formula is C14H16ClN3. The lowest BCUT2D eigenvalue weighted by molar-refractivity contribution is 1.05. The Kier molecular flexibility index (Phi) is 3.84. The zero-order valence-electron chi connectivity index (χ0n) is 10.5. The minimum atomic E-state index is 0.498. The number of nitrogens with zero attached hydrogens (tertiary/aromatic N) is 1. The van der Waals surface area contributed by atoms with Crippen molar-refractivity contribution in [3.05, 3.63) is 52.2 Å². The van der Waals surface area contributed by atoms with Gasteiger partial charge in [-0.15, -0.1) is 0 Å². The first kappa shape index (κ1) is 12.9. The van der Waals surface area contributed by atoms with Crippen LogP contribution in [0.25, 0.3) is 0 Å². The maximum Gasteiger partial charge on any atom is 0.130 e. The van der Waals surface area contributed by atoms with Gasteiger partial charge in [0.1, 0.15) is 5.82 Å². The van der Waals surface area contributed by atoms with Crippen LogP contribution in [0.15, 0.2) is 30.5 Å². The van der Waals surface area contributed by atoms with Gasteiger partial charge >= 0.3 is 0 Å². The van der Waals surface area contributed by atoms with E-state index < -0.39 is 0 Å². The highest BCUT2D eigenvalue weighted by atomic mass is 35.5. The van der Waals surface area contributed by atoms with Crippen LogP contribution in [0.2, 0.25) is 5.02 Å². The van der Waals surface area contributed by atoms with E-state index in [0.29, 0.717) is 11.6 Å². The SMILES string of the molecule is Cc1cc(C)c(Nc2ccc(CN)cn2)c(Cl)c1. The number of pyridine rings is 1. The monoisotopic (exact) mass is 261 g/mol. The molecule has 18 heavy (non-hydrogen) atoms. The fraction of sp³-hybridized carbons (Fsp3) is 0.214. The lowest BCUT2D eigenvalue weighted by Gasteiger charge is -2.12. The molecule has 0 saturated carbocycles. The van der Waals surface area contributed by atoms with Crippen molar-refractivity contribution in [3.63, 3.8) is 0 Å². The molecule has 0 fully saturated rings. The Labute approximate surface area is 112 Å². The van der Waals surface area contributed by atoms with Gasteiger partial charge in [0.25, 0.3) is 0 Å². The number of rotatable bonds is 3. The van der Waals surface area contributed by atoms with Gasteiger partial charge in [-0.1, -0.05) is 23.7 Å². The Morgan fingerprint density at radius 3 is 2.61 bits per heavy atom. The molecule has 2 rings (SSSR count). The van der Waals surface area contributed by atoms with E-state index in [1.807, 2.05) is 32.0 Å². The lowest BCUT2D eigenvalue weighted by atomic mass is 10.1. The molecular weight excluding hydrogens is 246 g/mol. The van der Waals surface area contributed by atoms with Crippen LogP contribution in [0.1, 0.15) is 16.7 Å². The normalized spacial score (nSPS) is 10.4. The summed E-state index contributed by atoms with van der Waals surface area (Å²) >= 11 is 6.23. The number of nitrogens with one attached hydrogen (secondary N) is 1. The first-order valence-corrected chi connectivity index (χ1v) is 6.16. The van der Waals surface area contributed by atoms with Crippen molar-refractivity contribution in [2.75, 3.05) is 5.32 Å². The van der Waals surface area contributed by atoms with Crippen LogP contribution >= 0.6 is 11.6 Å². The summed E-state index contributed by atoms with van der Waals surface area (Å²) in [6, 6.07) is 7.87. The number of nitrogens with two attached hydrogens (primary N) is 1. The van der Waals surface area contributed by atoms with Gasteiger partial charge < -0.3 is 11.1 Å². The zero-order valence-corrected chi connectivity index (χ0v) is 11.3. The molecule has 1 aromatic carbocycles. The van der Waals surface area contributed by atoms with E-state index in [-0.39, 0.29) is 0 Å². The van der Waals surface area contributed by atoms with E-state index >= 15 is 0 Å². The molecule has 0 saturated heterocycles. The number of aromatic nitrogens is 1. The van der Waals surface area contributed by atoms with Crippen LogP contribution in [-0.2, 0) is 6.54 Å². The highest BCUT2D eigenvalue weighted by molar-refractivity contribution is 6.33. The molecule has 2 aromatic rings. The third kappa shape index (κ3) is 2.81. The molecule has 0 aliphatic rings. The third-order valence-electron chi connectivity index (χ3n) is 2.75. The van der Waals surface area contributed by atoms with Gasteiger partial charge in [0.2, 0.25) is 0 Å². The van der Waals surface area contributed by atoms with Gasteiger partial charge in [0.05, 0.1) is 10.7 Å². The van der Waals surface area contributed by atoms with Crippen molar-refractivity contribution in [1.29, 1.82) is 0 Å². The Hall–Kier alpha value is -1.58. The second-order valence-corrected chi connectivity index (χ2v) is 4.73. The lowest BCUT2D eigenvalue weighted by Crippen LogP contribution is -2.00. The molecule has 1 aromatic heterocycles. The fourth-order valence-electron chi connectivity index (χ4n) is 1.82. The van der Waals surface area contributed by atoms with Crippen molar-refractivity contribution in [3.8, 4) is 0 Å². The third-order valence-corrected chi connectivity index (χ3v) is 3.04. The standard InChI is InChI=1S/C14H16ClN3/c1-9-5-10(2)14(12(15)6-9)18-13-4-3-11(7-16)8-17-13/h3-6,8H,7,16H2,1-2H3,(H,17,18). The molecule has 0 aliphatic carbocycles. The Bertz CT molecular complexity index is 526. The summed E-state index contributed by atoms with van der Waals surface area (Å²) in [5.41, 5.74) is 9.69. The predicted octanol–water partition coefficient (Wildman–Crippen LogP) is 3.55. The van der Waals surface area contributed by atoms with Crippen LogP contribution in [0.3, 0.4) is 0 Å². The molecule has 0 bridgehead atoms. The molecule has 0 aliphatic heterocycles. The van der Waals surface area contributed by atoms with Crippen LogP contribution in [0, 0.1) is 13.8 Å². The number of hydrogen-bond donors (Lipinski definition) is 2. The van der Waals surface area contributed by atoms with E-state index in [4.69, 9.17) is 17.3 Å². The summed E-state index contributed by atoms with van der Waals surface area (Å²) in [5, 5.41) is 3.94. The van der Waals surface area contributed by atoms with Crippen molar-refractivity contribution < 1.29 is 0 Å². The molecule has 1 heterocycles. The minimum absolute atomic E-state index is 0.498. The summed E-state index contributed by atoms with van der Waals surface area (Å²) in [6.45, 7) is 4.55. The summed E-state index contributed by atoms with van der Waals surface area (Å²) in [7, 11) is 0. The van der Waals surface area contributed by atoms with E-state index in [1.54, 1.807) is 6.20 Å². The topological polar surface area (TPSA) is 50.9 Å². The highest BCUT2D eigenvalue weighted by Gasteiger charge is 2.06. The number of hydrogen-bond acceptors (Lipinski definition) is 3. The van der Waals surface area contributed by atoms with Gasteiger partial charge in [-0.2, -0.15) is 0 Å². The van der Waals surface area contributed by atoms with E-state index in [1.165, 1.54) is 0 Å². The molecule has 0 atom stereocenters. The quantitative estimate of drug-likeness (QED) is 0.888. The molecule has 3 N–H and O–H groups in total. The van der Waals surface area contributed by atoms with Crippen molar-refractivity contribution in [2.45, 2.75) is 20.4 Å². The molecule has 0 amide bonds. The highest BCUT2D eigenvalue weighted by Crippen LogP contribution is 2.29. The molecule has 0 spiro atoms. The van der Waals surface area contributed by atoms with Gasteiger partial charge in [0.15, 0.2) is 0 Å². The number of anilines is 2. The number of halogens is 1. The maximum atomic E-state index is 6.23. The van der Waals surface area contributed by atoms with Gasteiger partial charge in [-0.3, -0.25) is 0 Å². The van der Waals surface area contributed by atoms with Crippen LogP contribution in [0.4, 0.5) is 11.5 Å². The molecule has 94 valence electrons. The maximum absolute atomic E-state index is 6.23. The van der Waals surface area contributed by atoms with E-state index in [0.717, 1.165) is 28.2 Å². The summed E-state index contributed by atoms with van der Waals surface area (Å²) in [5.74, 6) is 0.765. The molecule has 4 heteroatoms. The van der Waals surface area contributed by atoms with Crippen LogP contribution in [-0.4, -0.2) is 4.98 Å². The average Bonchev–Trinajstić information content (AvgIpc) is 2.34. The predicted molar refractivity (Wildman–Crippen MR) is 76.3 cm³/mol. The van der Waals surface area contributed by atoms with Crippen molar-refractivity contribution >= 4 is 23.1 Å². The Balaban J connectivity index is 2.28. The van der Waals surface area contributed by atoms with Gasteiger partial charge in [-0.25, -0.2) is 4.98 Å². The van der Waals surface area contributed by atoms with Gasteiger partial charge in [-0.05, 0) is 42.7 Å². The van der Waals surface area contributed by atoms with Crippen molar-refractivity contribution in [2.24, 2.45) is 5.73 Å². The summed E-state index contributed by atoms with van der Waals surface area (Å²) in [6.07, 6.45) is 1.76. The smallest absolute Gasteiger partial charge is 0.130 e. The number of aryl methyl sites for hydroxylation is 2. The van der Waals surface area contributed by atoms with Gasteiger partial charge in [0, 0.05) is 12.7 Å². The Morgan fingerprint density at radius 2 is 2.06 bits per heavy atom. The molecule has 0 radical (unpaired) electrons. The first-order chi connectivity index (χ1) is 8.60. The van der Waals surface area contributed by atoms with Crippen molar-refractivity contribution in [1.82, 2.24) is 4.98 Å². The zero-order chi connectivity index (χ0) is 13.1.